The molecule has 0 fully saturated rings. The summed E-state index contributed by atoms with van der Waals surface area (Å²) in [6.07, 6.45) is 1.47. The molecular weight excluding hydrogens is 308 g/mol. The van der Waals surface area contributed by atoms with Gasteiger partial charge in [-0.25, -0.2) is 0 Å². The highest BCUT2D eigenvalue weighted by atomic mass is 79.9. The molecule has 2 nitrogen and oxygen atoms in total. The number of hydrogen-bond acceptors (Lipinski definition) is 2. The summed E-state index contributed by atoms with van der Waals surface area (Å²) in [6, 6.07) is 8.10. The number of nitriles is 1. The molecule has 1 N–H and O–H groups in total. The fourth-order valence-corrected chi connectivity index (χ4v) is 2.21. The van der Waals surface area contributed by atoms with Crippen LogP contribution in [0.15, 0.2) is 27.1 Å². The van der Waals surface area contributed by atoms with Crippen molar-refractivity contribution in [1.29, 1.82) is 5.26 Å². The molecule has 1 aromatic carbocycles. The van der Waals surface area contributed by atoms with E-state index in [1.807, 2.05) is 18.2 Å². The van der Waals surface area contributed by atoms with Gasteiger partial charge in [0.25, 0.3) is 0 Å². The van der Waals surface area contributed by atoms with Gasteiger partial charge in [-0.1, -0.05) is 15.9 Å². The Labute approximate surface area is 101 Å². The van der Waals surface area contributed by atoms with Crippen molar-refractivity contribution in [2.24, 2.45) is 0 Å². The first-order valence-corrected chi connectivity index (χ1v) is 5.88. The molecule has 0 amide bonds. The summed E-state index contributed by atoms with van der Waals surface area (Å²) in [4.78, 5) is 0. The van der Waals surface area contributed by atoms with Gasteiger partial charge in [0, 0.05) is 27.6 Å². The summed E-state index contributed by atoms with van der Waals surface area (Å²) in [5, 5.41) is 11.6. The maximum Gasteiger partial charge on any atom is 0.0622 e. The van der Waals surface area contributed by atoms with Crippen LogP contribution in [0.25, 0.3) is 0 Å². The zero-order valence-electron chi connectivity index (χ0n) is 7.56. The molecular formula is C10H10Br2N2. The van der Waals surface area contributed by atoms with Crippen molar-refractivity contribution in [1.82, 2.24) is 0 Å². The fraction of sp³-hybridized carbons (Fsp3) is 0.300. The van der Waals surface area contributed by atoms with E-state index in [9.17, 15) is 0 Å². The van der Waals surface area contributed by atoms with Gasteiger partial charge in [-0.2, -0.15) is 5.26 Å². The number of nitrogens with zero attached hydrogens (tertiary/aromatic N) is 1. The van der Waals surface area contributed by atoms with Crippen LogP contribution in [0.5, 0.6) is 0 Å². The largest absolute Gasteiger partial charge is 0.384 e. The van der Waals surface area contributed by atoms with Crippen molar-refractivity contribution in [2.75, 3.05) is 11.9 Å². The molecule has 14 heavy (non-hydrogen) atoms. The van der Waals surface area contributed by atoms with Crippen LogP contribution in [-0.4, -0.2) is 6.54 Å². The number of rotatable bonds is 4. The normalized spacial score (nSPS) is 9.50. The highest BCUT2D eigenvalue weighted by Crippen LogP contribution is 2.25. The summed E-state index contributed by atoms with van der Waals surface area (Å²) >= 11 is 6.85. The molecule has 0 aliphatic heterocycles. The predicted molar refractivity (Wildman–Crippen MR) is 65.2 cm³/mol. The molecule has 0 atom stereocenters. The smallest absolute Gasteiger partial charge is 0.0622 e. The monoisotopic (exact) mass is 316 g/mol. The Morgan fingerprint density at radius 3 is 2.79 bits per heavy atom. The van der Waals surface area contributed by atoms with Crippen molar-refractivity contribution in [3.63, 3.8) is 0 Å². The molecule has 4 heteroatoms. The Kier molecular flexibility index (Phi) is 4.99. The van der Waals surface area contributed by atoms with Gasteiger partial charge in [0.1, 0.15) is 0 Å². The third-order valence-corrected chi connectivity index (χ3v) is 2.86. The van der Waals surface area contributed by atoms with Crippen LogP contribution >= 0.6 is 31.9 Å². The lowest BCUT2D eigenvalue weighted by Crippen LogP contribution is -2.01. The van der Waals surface area contributed by atoms with E-state index in [-0.39, 0.29) is 0 Å². The van der Waals surface area contributed by atoms with Gasteiger partial charge in [0.2, 0.25) is 0 Å². The standard InChI is InChI=1S/C10H10Br2N2/c11-8-3-4-10(9(12)7-8)14-6-2-1-5-13/h3-4,7,14H,1-2,6H2. The van der Waals surface area contributed by atoms with Crippen molar-refractivity contribution in [3.8, 4) is 6.07 Å². The lowest BCUT2D eigenvalue weighted by atomic mass is 10.3. The lowest BCUT2D eigenvalue weighted by molar-refractivity contribution is 0.897. The van der Waals surface area contributed by atoms with Crippen LogP contribution in [-0.2, 0) is 0 Å². The van der Waals surface area contributed by atoms with E-state index in [0.717, 1.165) is 27.6 Å². The van der Waals surface area contributed by atoms with Gasteiger partial charge in [-0.3, -0.25) is 0 Å². The first kappa shape index (κ1) is 11.5. The highest BCUT2D eigenvalue weighted by Gasteiger charge is 1.98. The fourth-order valence-electron chi connectivity index (χ4n) is 1.02. The SMILES string of the molecule is N#CCCCNc1ccc(Br)cc1Br. The summed E-state index contributed by atoms with van der Waals surface area (Å²) in [7, 11) is 0. The van der Waals surface area contributed by atoms with E-state index >= 15 is 0 Å². The molecule has 74 valence electrons. The molecule has 0 heterocycles. The third kappa shape index (κ3) is 3.69. The van der Waals surface area contributed by atoms with E-state index in [0.29, 0.717) is 6.42 Å². The highest BCUT2D eigenvalue weighted by molar-refractivity contribution is 9.11. The minimum atomic E-state index is 0.598. The maximum absolute atomic E-state index is 8.36. The maximum atomic E-state index is 8.36. The zero-order chi connectivity index (χ0) is 10.4. The average molecular weight is 318 g/mol. The molecule has 0 saturated heterocycles. The Morgan fingerprint density at radius 1 is 1.36 bits per heavy atom. The molecule has 1 aromatic rings. The van der Waals surface area contributed by atoms with Crippen LogP contribution in [0.2, 0.25) is 0 Å². The Balaban J connectivity index is 2.47. The second-order valence-electron chi connectivity index (χ2n) is 2.81. The first-order chi connectivity index (χ1) is 6.74. The number of unbranched alkanes of at least 4 members (excludes halogenated alkanes) is 1. The second kappa shape index (κ2) is 6.05. The molecule has 0 aliphatic carbocycles. The Hall–Kier alpha value is -0.530. The van der Waals surface area contributed by atoms with E-state index < -0.39 is 0 Å². The minimum Gasteiger partial charge on any atom is -0.384 e. The molecule has 0 unspecified atom stereocenters. The summed E-state index contributed by atoms with van der Waals surface area (Å²) in [5.74, 6) is 0. The number of benzene rings is 1. The molecule has 0 spiro atoms. The molecule has 0 aromatic heterocycles. The van der Waals surface area contributed by atoms with Crippen molar-refractivity contribution < 1.29 is 0 Å². The first-order valence-electron chi connectivity index (χ1n) is 4.30. The van der Waals surface area contributed by atoms with E-state index in [2.05, 4.69) is 43.2 Å². The second-order valence-corrected chi connectivity index (χ2v) is 4.58. The van der Waals surface area contributed by atoms with Crippen LogP contribution in [0.4, 0.5) is 5.69 Å². The van der Waals surface area contributed by atoms with Crippen LogP contribution in [0, 0.1) is 11.3 Å². The quantitative estimate of drug-likeness (QED) is 0.854. The number of hydrogen-bond donors (Lipinski definition) is 1. The summed E-state index contributed by atoms with van der Waals surface area (Å²) < 4.78 is 2.08. The van der Waals surface area contributed by atoms with Crippen molar-refractivity contribution >= 4 is 37.5 Å². The lowest BCUT2D eigenvalue weighted by Gasteiger charge is -2.07. The van der Waals surface area contributed by atoms with E-state index in [1.165, 1.54) is 0 Å². The topological polar surface area (TPSA) is 35.8 Å². The number of halogens is 2. The predicted octanol–water partition coefficient (Wildman–Crippen LogP) is 3.93. The van der Waals surface area contributed by atoms with Crippen molar-refractivity contribution in [3.05, 3.63) is 27.1 Å². The van der Waals surface area contributed by atoms with Gasteiger partial charge in [0.05, 0.1) is 6.07 Å². The van der Waals surface area contributed by atoms with Gasteiger partial charge in [-0.15, -0.1) is 0 Å². The van der Waals surface area contributed by atoms with Gasteiger partial charge in [0.15, 0.2) is 0 Å². The minimum absolute atomic E-state index is 0.598. The molecule has 0 bridgehead atoms. The Morgan fingerprint density at radius 2 is 2.14 bits per heavy atom. The van der Waals surface area contributed by atoms with Gasteiger partial charge >= 0.3 is 0 Å². The Bertz CT molecular complexity index is 344. The van der Waals surface area contributed by atoms with Gasteiger partial charge < -0.3 is 5.32 Å². The molecule has 0 saturated carbocycles. The number of anilines is 1. The summed E-state index contributed by atoms with van der Waals surface area (Å²) in [6.45, 7) is 0.827. The van der Waals surface area contributed by atoms with Crippen LogP contribution < -0.4 is 5.32 Å². The van der Waals surface area contributed by atoms with Gasteiger partial charge in [-0.05, 0) is 40.5 Å². The van der Waals surface area contributed by atoms with E-state index in [4.69, 9.17) is 5.26 Å². The van der Waals surface area contributed by atoms with Crippen molar-refractivity contribution in [2.45, 2.75) is 12.8 Å². The zero-order valence-corrected chi connectivity index (χ0v) is 10.7. The molecule has 0 aliphatic rings. The molecule has 1 rings (SSSR count). The number of nitrogens with one attached hydrogen (secondary N) is 1. The van der Waals surface area contributed by atoms with Crippen LogP contribution in [0.1, 0.15) is 12.8 Å². The average Bonchev–Trinajstić information content (AvgIpc) is 2.15. The third-order valence-electron chi connectivity index (χ3n) is 1.71. The summed E-state index contributed by atoms with van der Waals surface area (Å²) in [5.41, 5.74) is 1.06. The van der Waals surface area contributed by atoms with E-state index in [1.54, 1.807) is 0 Å². The molecule has 0 radical (unpaired) electrons. The van der Waals surface area contributed by atoms with Crippen LogP contribution in [0.3, 0.4) is 0 Å².